The fourth-order valence-corrected chi connectivity index (χ4v) is 0.942. The van der Waals surface area contributed by atoms with E-state index in [1.807, 2.05) is 0 Å². The first-order chi connectivity index (χ1) is 6.57. The van der Waals surface area contributed by atoms with Crippen molar-refractivity contribution in [2.75, 3.05) is 6.54 Å². The summed E-state index contributed by atoms with van der Waals surface area (Å²) in [5.41, 5.74) is 4.54. The highest BCUT2D eigenvalue weighted by atomic mass is 19.2. The van der Waals surface area contributed by atoms with Gasteiger partial charge in [0, 0.05) is 12.6 Å². The Bertz CT molecular complexity index is 351. The molecule has 5 heteroatoms. The van der Waals surface area contributed by atoms with Gasteiger partial charge in [-0.2, -0.15) is 0 Å². The first-order valence-corrected chi connectivity index (χ1v) is 3.81. The molecule has 76 valence electrons. The summed E-state index contributed by atoms with van der Waals surface area (Å²) in [7, 11) is 0. The number of nitrogens with two attached hydrogens (primary N) is 1. The molecule has 1 aromatic rings. The zero-order valence-corrected chi connectivity index (χ0v) is 7.10. The van der Waals surface area contributed by atoms with Gasteiger partial charge in [-0.05, 0) is 0 Å². The van der Waals surface area contributed by atoms with Crippen molar-refractivity contribution in [2.45, 2.75) is 0 Å². The summed E-state index contributed by atoms with van der Waals surface area (Å²) in [4.78, 5) is 0. The Morgan fingerprint density at radius 2 is 1.93 bits per heavy atom. The predicted molar refractivity (Wildman–Crippen MR) is 46.1 cm³/mol. The zero-order valence-electron chi connectivity index (χ0n) is 7.10. The van der Waals surface area contributed by atoms with Crippen molar-refractivity contribution < 1.29 is 18.3 Å². The number of aromatic hydroxyl groups is 1. The van der Waals surface area contributed by atoms with Crippen molar-refractivity contribution in [3.63, 3.8) is 0 Å². The molecule has 0 fully saturated rings. The van der Waals surface area contributed by atoms with Gasteiger partial charge < -0.3 is 10.8 Å². The number of hydrogen-bond acceptors (Lipinski definition) is 2. The van der Waals surface area contributed by atoms with Crippen LogP contribution < -0.4 is 5.73 Å². The summed E-state index contributed by atoms with van der Waals surface area (Å²) in [5.74, 6) is -4.78. The predicted octanol–water partition coefficient (Wildman–Crippen LogP) is 1.78. The minimum absolute atomic E-state index is 0.0804. The molecule has 0 saturated heterocycles. The average molecular weight is 203 g/mol. The molecule has 0 saturated carbocycles. The van der Waals surface area contributed by atoms with Crippen molar-refractivity contribution >= 4 is 6.08 Å². The van der Waals surface area contributed by atoms with Crippen molar-refractivity contribution in [3.8, 4) is 5.75 Å². The van der Waals surface area contributed by atoms with Gasteiger partial charge in [0.25, 0.3) is 0 Å². The van der Waals surface area contributed by atoms with Gasteiger partial charge in [0.15, 0.2) is 23.2 Å². The Labute approximate surface area is 78.5 Å². The number of phenols is 1. The van der Waals surface area contributed by atoms with Crippen LogP contribution in [0.2, 0.25) is 0 Å². The van der Waals surface area contributed by atoms with Gasteiger partial charge in [0.05, 0.1) is 5.56 Å². The van der Waals surface area contributed by atoms with Crippen LogP contribution in [0.3, 0.4) is 0 Å². The Hall–Kier alpha value is -1.49. The summed E-state index contributed by atoms with van der Waals surface area (Å²) in [5, 5.41) is 9.06. The minimum Gasteiger partial charge on any atom is -0.504 e. The molecule has 0 radical (unpaired) electrons. The van der Waals surface area contributed by atoms with E-state index in [9.17, 15) is 13.2 Å². The maximum atomic E-state index is 13.0. The Morgan fingerprint density at radius 1 is 1.29 bits per heavy atom. The number of phenolic OH excluding ortho intramolecular Hbond substituents is 1. The lowest BCUT2D eigenvalue weighted by Crippen LogP contribution is -1.95. The molecule has 0 unspecified atom stereocenters. The van der Waals surface area contributed by atoms with E-state index in [1.165, 1.54) is 6.08 Å². The number of benzene rings is 1. The zero-order chi connectivity index (χ0) is 10.7. The second-order valence-electron chi connectivity index (χ2n) is 2.55. The van der Waals surface area contributed by atoms with E-state index < -0.39 is 28.8 Å². The second-order valence-corrected chi connectivity index (χ2v) is 2.55. The van der Waals surface area contributed by atoms with Crippen LogP contribution in [0, 0.1) is 17.5 Å². The monoisotopic (exact) mass is 203 g/mol. The highest BCUT2D eigenvalue weighted by molar-refractivity contribution is 5.58. The third-order valence-corrected chi connectivity index (χ3v) is 1.60. The number of hydrogen-bond donors (Lipinski definition) is 2. The van der Waals surface area contributed by atoms with Gasteiger partial charge >= 0.3 is 0 Å². The normalized spacial score (nSPS) is 11.1. The van der Waals surface area contributed by atoms with Gasteiger partial charge in [-0.3, -0.25) is 0 Å². The second kappa shape index (κ2) is 4.15. The molecule has 0 atom stereocenters. The van der Waals surface area contributed by atoms with Crippen molar-refractivity contribution in [1.82, 2.24) is 0 Å². The lowest BCUT2D eigenvalue weighted by atomic mass is 10.1. The molecular formula is C9H8F3NO. The lowest BCUT2D eigenvalue weighted by Gasteiger charge is -2.03. The molecule has 0 amide bonds. The van der Waals surface area contributed by atoms with Gasteiger partial charge in [-0.1, -0.05) is 12.2 Å². The molecule has 0 aliphatic rings. The summed E-state index contributed by atoms with van der Waals surface area (Å²) < 4.78 is 38.4. The highest BCUT2D eigenvalue weighted by Crippen LogP contribution is 2.27. The largest absolute Gasteiger partial charge is 0.504 e. The van der Waals surface area contributed by atoms with Gasteiger partial charge in [-0.25, -0.2) is 13.2 Å². The number of rotatable bonds is 2. The summed E-state index contributed by atoms with van der Waals surface area (Å²) in [6.45, 7) is 0.0804. The van der Waals surface area contributed by atoms with Crippen molar-refractivity contribution in [2.24, 2.45) is 5.73 Å². The maximum Gasteiger partial charge on any atom is 0.169 e. The topological polar surface area (TPSA) is 46.2 Å². The first kappa shape index (κ1) is 10.6. The molecule has 3 N–H and O–H groups in total. The Balaban J connectivity index is 3.32. The average Bonchev–Trinajstić information content (AvgIpc) is 2.15. The third-order valence-electron chi connectivity index (χ3n) is 1.60. The van der Waals surface area contributed by atoms with E-state index in [-0.39, 0.29) is 12.6 Å². The third kappa shape index (κ3) is 1.88. The SMILES string of the molecule is NC/C=C/c1c(O)c(F)cc(F)c1F. The minimum atomic E-state index is -1.35. The fraction of sp³-hybridized carbons (Fsp3) is 0.111. The molecule has 0 aliphatic heterocycles. The molecule has 1 rings (SSSR count). The van der Waals surface area contributed by atoms with E-state index in [0.29, 0.717) is 0 Å². The molecule has 1 aromatic carbocycles. The molecule has 0 heterocycles. The Morgan fingerprint density at radius 3 is 2.50 bits per heavy atom. The standard InChI is InChI=1S/C9H8F3NO/c10-6-4-7(11)9(14)5(8(6)12)2-1-3-13/h1-2,4,14H,3,13H2/b2-1+. The van der Waals surface area contributed by atoms with Crippen LogP contribution in [-0.2, 0) is 0 Å². The van der Waals surface area contributed by atoms with Crippen LogP contribution >= 0.6 is 0 Å². The molecule has 0 bridgehead atoms. The number of halogens is 3. The summed E-state index contributed by atoms with van der Waals surface area (Å²) >= 11 is 0. The van der Waals surface area contributed by atoms with E-state index in [4.69, 9.17) is 10.8 Å². The van der Waals surface area contributed by atoms with E-state index in [2.05, 4.69) is 0 Å². The van der Waals surface area contributed by atoms with Crippen LogP contribution in [0.4, 0.5) is 13.2 Å². The molecule has 14 heavy (non-hydrogen) atoms. The fourth-order valence-electron chi connectivity index (χ4n) is 0.942. The first-order valence-electron chi connectivity index (χ1n) is 3.81. The molecular weight excluding hydrogens is 195 g/mol. The highest BCUT2D eigenvalue weighted by Gasteiger charge is 2.15. The van der Waals surface area contributed by atoms with Crippen LogP contribution in [0.5, 0.6) is 5.75 Å². The van der Waals surface area contributed by atoms with Gasteiger partial charge in [0.2, 0.25) is 0 Å². The Kier molecular flexibility index (Phi) is 3.14. The summed E-state index contributed by atoms with van der Waals surface area (Å²) in [6.07, 6.45) is 2.30. The van der Waals surface area contributed by atoms with E-state index in [0.717, 1.165) is 6.08 Å². The van der Waals surface area contributed by atoms with E-state index in [1.54, 1.807) is 0 Å². The summed E-state index contributed by atoms with van der Waals surface area (Å²) in [6, 6.07) is 0.282. The molecule has 2 nitrogen and oxygen atoms in total. The van der Waals surface area contributed by atoms with Crippen molar-refractivity contribution in [1.29, 1.82) is 0 Å². The lowest BCUT2D eigenvalue weighted by molar-refractivity contribution is 0.411. The van der Waals surface area contributed by atoms with Crippen LogP contribution in [-0.4, -0.2) is 11.7 Å². The van der Waals surface area contributed by atoms with Crippen LogP contribution in [0.1, 0.15) is 5.56 Å². The van der Waals surface area contributed by atoms with Crippen LogP contribution in [0.25, 0.3) is 6.08 Å². The molecule has 0 spiro atoms. The van der Waals surface area contributed by atoms with Gasteiger partial charge in [-0.15, -0.1) is 0 Å². The smallest absolute Gasteiger partial charge is 0.169 e. The van der Waals surface area contributed by atoms with Crippen LogP contribution in [0.15, 0.2) is 12.1 Å². The quantitative estimate of drug-likeness (QED) is 0.719. The van der Waals surface area contributed by atoms with Crippen molar-refractivity contribution in [3.05, 3.63) is 35.2 Å². The van der Waals surface area contributed by atoms with E-state index >= 15 is 0 Å². The van der Waals surface area contributed by atoms with Gasteiger partial charge in [0.1, 0.15) is 0 Å². The molecule has 0 aliphatic carbocycles. The molecule has 0 aromatic heterocycles. The maximum absolute atomic E-state index is 13.0.